The van der Waals surface area contributed by atoms with Gasteiger partial charge in [0, 0.05) is 6.54 Å². The van der Waals surface area contributed by atoms with Crippen molar-refractivity contribution in [3.8, 4) is 0 Å². The van der Waals surface area contributed by atoms with Gasteiger partial charge >= 0.3 is 5.97 Å². The van der Waals surface area contributed by atoms with Crippen molar-refractivity contribution in [3.05, 3.63) is 0 Å². The minimum Gasteiger partial charge on any atom is -0.468 e. The number of rotatable bonds is 5. The molecule has 0 amide bonds. The fraction of sp³-hybridized carbons (Fsp3) is 0.929. The maximum atomic E-state index is 11.6. The highest BCUT2D eigenvalue weighted by molar-refractivity contribution is 5.75. The Bertz CT molecular complexity index is 256. The minimum atomic E-state index is -0.203. The number of carbonyl (C=O) groups excluding carboxylic acids is 1. The van der Waals surface area contributed by atoms with Crippen LogP contribution in [0.2, 0.25) is 0 Å². The molecule has 1 rings (SSSR count). The summed E-state index contributed by atoms with van der Waals surface area (Å²) in [6, 6.07) is -0.203. The van der Waals surface area contributed by atoms with E-state index in [0.717, 1.165) is 31.5 Å². The molecule has 0 saturated carbocycles. The third-order valence-electron chi connectivity index (χ3n) is 4.08. The number of esters is 1. The summed E-state index contributed by atoms with van der Waals surface area (Å²) in [5.74, 6) is 1.44. The molecule has 1 heterocycles. The number of ether oxygens (including phenoxy) is 1. The largest absolute Gasteiger partial charge is 0.468 e. The van der Waals surface area contributed by atoms with Gasteiger partial charge in [-0.1, -0.05) is 13.8 Å². The van der Waals surface area contributed by atoms with Gasteiger partial charge in [0.15, 0.2) is 0 Å². The van der Waals surface area contributed by atoms with E-state index < -0.39 is 0 Å². The molecule has 1 fully saturated rings. The lowest BCUT2D eigenvalue weighted by molar-refractivity contribution is -0.143. The van der Waals surface area contributed by atoms with Gasteiger partial charge in [-0.05, 0) is 51.2 Å². The molecular weight excluding hydrogens is 228 g/mol. The standard InChI is InChI=1S/C14H28N2O2/c1-11(2)12-6-5-8-16(9-7-12)10-13(15-3)14(17)18-4/h11-13,15H,5-10H2,1-4H3. The van der Waals surface area contributed by atoms with Crippen LogP contribution in [0.4, 0.5) is 0 Å². The first-order valence-electron chi connectivity index (χ1n) is 7.06. The lowest BCUT2D eigenvalue weighted by Gasteiger charge is -2.25. The minimum absolute atomic E-state index is 0.165. The van der Waals surface area contributed by atoms with Gasteiger partial charge in [0.1, 0.15) is 6.04 Å². The van der Waals surface area contributed by atoms with Gasteiger partial charge in [-0.25, -0.2) is 0 Å². The molecule has 0 aromatic carbocycles. The summed E-state index contributed by atoms with van der Waals surface area (Å²) < 4.78 is 4.81. The maximum Gasteiger partial charge on any atom is 0.324 e. The summed E-state index contributed by atoms with van der Waals surface area (Å²) >= 11 is 0. The molecule has 0 aromatic heterocycles. The van der Waals surface area contributed by atoms with Gasteiger partial charge in [0.05, 0.1) is 7.11 Å². The van der Waals surface area contributed by atoms with Crippen molar-refractivity contribution in [3.63, 3.8) is 0 Å². The van der Waals surface area contributed by atoms with Crippen LogP contribution in [-0.2, 0) is 9.53 Å². The molecule has 2 unspecified atom stereocenters. The summed E-state index contributed by atoms with van der Waals surface area (Å²) in [5.41, 5.74) is 0. The smallest absolute Gasteiger partial charge is 0.324 e. The van der Waals surface area contributed by atoms with Crippen LogP contribution in [0.15, 0.2) is 0 Å². The quantitative estimate of drug-likeness (QED) is 0.757. The summed E-state index contributed by atoms with van der Waals surface area (Å²) in [4.78, 5) is 14.0. The lowest BCUT2D eigenvalue weighted by Crippen LogP contribution is -2.45. The number of nitrogens with zero attached hydrogens (tertiary/aromatic N) is 1. The van der Waals surface area contributed by atoms with E-state index in [1.165, 1.54) is 26.4 Å². The van der Waals surface area contributed by atoms with Gasteiger partial charge < -0.3 is 15.0 Å². The number of nitrogens with one attached hydrogen (secondary N) is 1. The number of hydrogen-bond donors (Lipinski definition) is 1. The third kappa shape index (κ3) is 4.58. The van der Waals surface area contributed by atoms with E-state index >= 15 is 0 Å². The van der Waals surface area contributed by atoms with Crippen LogP contribution in [0.3, 0.4) is 0 Å². The number of methoxy groups -OCH3 is 1. The Morgan fingerprint density at radius 2 is 2.11 bits per heavy atom. The van der Waals surface area contributed by atoms with Crippen molar-refractivity contribution in [2.24, 2.45) is 11.8 Å². The molecule has 0 spiro atoms. The fourth-order valence-electron chi connectivity index (χ4n) is 2.71. The molecule has 106 valence electrons. The third-order valence-corrected chi connectivity index (χ3v) is 4.08. The molecule has 1 aliphatic heterocycles. The number of hydrogen-bond acceptors (Lipinski definition) is 4. The van der Waals surface area contributed by atoms with E-state index in [9.17, 15) is 4.79 Å². The predicted molar refractivity (Wildman–Crippen MR) is 73.5 cm³/mol. The zero-order chi connectivity index (χ0) is 13.5. The molecule has 0 aromatic rings. The molecule has 1 saturated heterocycles. The van der Waals surface area contributed by atoms with Gasteiger partial charge in [-0.3, -0.25) is 4.79 Å². The van der Waals surface area contributed by atoms with Crippen LogP contribution in [0, 0.1) is 11.8 Å². The number of carbonyl (C=O) groups is 1. The zero-order valence-electron chi connectivity index (χ0n) is 12.2. The highest BCUT2D eigenvalue weighted by Crippen LogP contribution is 2.24. The van der Waals surface area contributed by atoms with Crippen molar-refractivity contribution in [1.82, 2.24) is 10.2 Å². The van der Waals surface area contributed by atoms with Crippen molar-refractivity contribution in [2.75, 3.05) is 33.8 Å². The highest BCUT2D eigenvalue weighted by Gasteiger charge is 2.24. The Balaban J connectivity index is 2.45. The Labute approximate surface area is 111 Å². The number of likely N-dealkylation sites (N-methyl/N-ethyl adjacent to an activating group) is 1. The molecule has 0 radical (unpaired) electrons. The molecule has 4 nitrogen and oxygen atoms in total. The molecule has 0 aliphatic carbocycles. The summed E-state index contributed by atoms with van der Waals surface area (Å²) in [6.45, 7) is 7.57. The Morgan fingerprint density at radius 3 is 2.67 bits per heavy atom. The van der Waals surface area contributed by atoms with Gasteiger partial charge in [-0.2, -0.15) is 0 Å². The van der Waals surface area contributed by atoms with Crippen LogP contribution in [0.1, 0.15) is 33.1 Å². The molecule has 0 bridgehead atoms. The van der Waals surface area contributed by atoms with Crippen molar-refractivity contribution in [1.29, 1.82) is 0 Å². The van der Waals surface area contributed by atoms with Gasteiger partial charge in [-0.15, -0.1) is 0 Å². The van der Waals surface area contributed by atoms with Crippen LogP contribution >= 0.6 is 0 Å². The van der Waals surface area contributed by atoms with Crippen molar-refractivity contribution in [2.45, 2.75) is 39.2 Å². The van der Waals surface area contributed by atoms with Gasteiger partial charge in [0.2, 0.25) is 0 Å². The first-order chi connectivity index (χ1) is 8.58. The van der Waals surface area contributed by atoms with E-state index in [1.54, 1.807) is 0 Å². The first-order valence-corrected chi connectivity index (χ1v) is 7.06. The number of likely N-dealkylation sites (tertiary alicyclic amines) is 1. The Hall–Kier alpha value is -0.610. The highest BCUT2D eigenvalue weighted by atomic mass is 16.5. The van der Waals surface area contributed by atoms with Crippen LogP contribution in [0.25, 0.3) is 0 Å². The molecule has 18 heavy (non-hydrogen) atoms. The second-order valence-corrected chi connectivity index (χ2v) is 5.60. The summed E-state index contributed by atoms with van der Waals surface area (Å²) in [7, 11) is 3.26. The zero-order valence-corrected chi connectivity index (χ0v) is 12.2. The molecule has 1 N–H and O–H groups in total. The molecule has 4 heteroatoms. The SMILES string of the molecule is CNC(CN1CCCC(C(C)C)CC1)C(=O)OC. The van der Waals surface area contributed by atoms with Crippen molar-refractivity contribution >= 4 is 5.97 Å². The van der Waals surface area contributed by atoms with Crippen LogP contribution < -0.4 is 5.32 Å². The van der Waals surface area contributed by atoms with Crippen LogP contribution in [-0.4, -0.2) is 50.7 Å². The topological polar surface area (TPSA) is 41.6 Å². The van der Waals surface area contributed by atoms with E-state index in [2.05, 4.69) is 24.1 Å². The molecular formula is C14H28N2O2. The molecule has 1 aliphatic rings. The Kier molecular flexibility index (Phi) is 6.65. The van der Waals surface area contributed by atoms with E-state index in [1.807, 2.05) is 7.05 Å². The maximum absolute atomic E-state index is 11.6. The first kappa shape index (κ1) is 15.4. The van der Waals surface area contributed by atoms with Crippen molar-refractivity contribution < 1.29 is 9.53 Å². The fourth-order valence-corrected chi connectivity index (χ4v) is 2.71. The second kappa shape index (κ2) is 7.74. The average Bonchev–Trinajstić information content (AvgIpc) is 2.60. The predicted octanol–water partition coefficient (Wildman–Crippen LogP) is 1.51. The normalized spacial score (nSPS) is 23.7. The summed E-state index contributed by atoms with van der Waals surface area (Å²) in [6.07, 6.45) is 3.80. The van der Waals surface area contributed by atoms with E-state index in [-0.39, 0.29) is 12.0 Å². The molecule has 2 atom stereocenters. The summed E-state index contributed by atoms with van der Waals surface area (Å²) in [5, 5.41) is 3.04. The monoisotopic (exact) mass is 256 g/mol. The van der Waals surface area contributed by atoms with Crippen LogP contribution in [0.5, 0.6) is 0 Å². The lowest BCUT2D eigenvalue weighted by atomic mass is 9.89. The van der Waals surface area contributed by atoms with E-state index in [4.69, 9.17) is 4.74 Å². The van der Waals surface area contributed by atoms with Gasteiger partial charge in [0.25, 0.3) is 0 Å². The average molecular weight is 256 g/mol. The van der Waals surface area contributed by atoms with E-state index in [0.29, 0.717) is 0 Å². The Morgan fingerprint density at radius 1 is 1.39 bits per heavy atom. The second-order valence-electron chi connectivity index (χ2n) is 5.60.